The van der Waals surface area contributed by atoms with Gasteiger partial charge in [-0.2, -0.15) is 0 Å². The number of carbonyl (C=O) groups excluding carboxylic acids is 2. The number of fused-ring (bicyclic) bond motifs is 2. The highest BCUT2D eigenvalue weighted by Crippen LogP contribution is 2.30. The molecule has 0 saturated heterocycles. The molecule has 0 fully saturated rings. The van der Waals surface area contributed by atoms with Gasteiger partial charge in [0.25, 0.3) is 11.8 Å². The van der Waals surface area contributed by atoms with Crippen LogP contribution in [-0.4, -0.2) is 61.3 Å². The second-order valence-corrected chi connectivity index (χ2v) is 18.3. The molecule has 0 aliphatic heterocycles. The molecular formula is C50H45BrN12O2. The molecule has 0 aliphatic carbocycles. The molecule has 1 atom stereocenters. The van der Waals surface area contributed by atoms with E-state index in [-0.39, 0.29) is 29.3 Å². The minimum Gasteiger partial charge on any atom is -0.310 e. The highest BCUT2D eigenvalue weighted by Gasteiger charge is 2.21. The first-order chi connectivity index (χ1) is 31.2. The third-order valence-electron chi connectivity index (χ3n) is 11.2. The smallest absolute Gasteiger partial charge is 0.256 e. The fourth-order valence-electron chi connectivity index (χ4n) is 7.70. The normalized spacial score (nSPS) is 12.2. The van der Waals surface area contributed by atoms with Crippen molar-refractivity contribution in [2.75, 3.05) is 10.6 Å². The lowest BCUT2D eigenvalue weighted by Crippen LogP contribution is -2.15. The molecule has 14 nitrogen and oxygen atoms in total. The molecule has 6 aromatic heterocycles. The largest absolute Gasteiger partial charge is 0.310 e. The Morgan fingerprint density at radius 1 is 0.646 bits per heavy atom. The molecule has 3 aromatic carbocycles. The average molecular weight is 926 g/mol. The number of aromatic nitrogens is 10. The Morgan fingerprint density at radius 2 is 1.26 bits per heavy atom. The predicted octanol–water partition coefficient (Wildman–Crippen LogP) is 10.7. The number of amides is 2. The molecule has 9 aromatic rings. The summed E-state index contributed by atoms with van der Waals surface area (Å²) in [6.45, 7) is 12.7. The Labute approximate surface area is 383 Å². The molecule has 2 amide bonds. The van der Waals surface area contributed by atoms with Crippen molar-refractivity contribution in [1.82, 2.24) is 49.5 Å². The summed E-state index contributed by atoms with van der Waals surface area (Å²) in [5.74, 6) is 1.18. The van der Waals surface area contributed by atoms with E-state index in [1.165, 1.54) is 5.56 Å². The number of pyridine rings is 4. The van der Waals surface area contributed by atoms with Gasteiger partial charge in [0.2, 0.25) is 0 Å². The van der Waals surface area contributed by atoms with Gasteiger partial charge < -0.3 is 19.8 Å². The van der Waals surface area contributed by atoms with E-state index in [9.17, 15) is 9.59 Å². The molecule has 0 bridgehead atoms. The van der Waals surface area contributed by atoms with Gasteiger partial charge in [-0.15, -0.1) is 20.4 Å². The van der Waals surface area contributed by atoms with Crippen LogP contribution in [0, 0.1) is 0 Å². The lowest BCUT2D eigenvalue weighted by Gasteiger charge is -2.19. The average Bonchev–Trinajstić information content (AvgIpc) is 4.00. The van der Waals surface area contributed by atoms with E-state index in [0.29, 0.717) is 63.3 Å². The van der Waals surface area contributed by atoms with Crippen molar-refractivity contribution in [2.24, 2.45) is 0 Å². The molecule has 2 N–H and O–H groups in total. The lowest BCUT2D eigenvalue weighted by atomic mass is 9.86. The van der Waals surface area contributed by atoms with Crippen molar-refractivity contribution < 1.29 is 9.59 Å². The van der Waals surface area contributed by atoms with Crippen molar-refractivity contribution in [2.45, 2.75) is 65.5 Å². The summed E-state index contributed by atoms with van der Waals surface area (Å²) in [5.41, 5.74) is 7.70. The summed E-state index contributed by atoms with van der Waals surface area (Å²) in [4.78, 5) is 46.0. The second-order valence-electron chi connectivity index (χ2n) is 17.4. The number of hydrogen-bond acceptors (Lipinski definition) is 10. The number of anilines is 2. The Hall–Kier alpha value is -7.52. The topological polar surface area (TPSA) is 171 Å². The van der Waals surface area contributed by atoms with Crippen LogP contribution >= 0.6 is 15.9 Å². The molecular weight excluding hydrogens is 881 g/mol. The monoisotopic (exact) mass is 924 g/mol. The highest BCUT2D eigenvalue weighted by atomic mass is 79.9. The first-order valence-electron chi connectivity index (χ1n) is 21.2. The van der Waals surface area contributed by atoms with E-state index in [4.69, 9.17) is 15.0 Å². The van der Waals surface area contributed by atoms with E-state index in [1.54, 1.807) is 49.2 Å². The molecule has 0 saturated carbocycles. The predicted molar refractivity (Wildman–Crippen MR) is 257 cm³/mol. The summed E-state index contributed by atoms with van der Waals surface area (Å²) in [5, 5.41) is 25.1. The van der Waals surface area contributed by atoms with Gasteiger partial charge in [-0.3, -0.25) is 19.6 Å². The molecule has 0 radical (unpaired) electrons. The van der Waals surface area contributed by atoms with Crippen LogP contribution in [-0.2, 0) is 11.8 Å². The maximum absolute atomic E-state index is 13.9. The van der Waals surface area contributed by atoms with Crippen molar-refractivity contribution in [1.29, 1.82) is 0 Å². The van der Waals surface area contributed by atoms with Gasteiger partial charge in [0.15, 0.2) is 11.6 Å². The standard InChI is InChI=1S/C50H45BrN12O2/c1-29(2)62-27-54-61-47(62)43-19-31(20-45(57-43)59-49(65)36-12-10-33-21-37(25-52-41(33)23-36)32-14-16-38(17-15-32)50(4,5)6)18-30(3)63-28-55-60-46(63)40-8-7-9-44(56-40)58-48(64)35-13-11-34-22-39(51)26-53-42(34)24-35/h7-17,19-30H,18H2,1-6H3,(H,56,58,64)(H,57,59,65). The van der Waals surface area contributed by atoms with E-state index in [0.717, 1.165) is 31.9 Å². The molecule has 9 rings (SSSR count). The van der Waals surface area contributed by atoms with E-state index in [2.05, 4.69) is 103 Å². The Kier molecular flexibility index (Phi) is 11.6. The molecule has 15 heteroatoms. The minimum absolute atomic E-state index is 0.0655. The fraction of sp³-hybridized carbons (Fsp3) is 0.200. The molecule has 0 aliphatic rings. The number of carbonyl (C=O) groups is 2. The molecule has 6 heterocycles. The van der Waals surface area contributed by atoms with Gasteiger partial charge in [0.05, 0.1) is 11.0 Å². The zero-order chi connectivity index (χ0) is 45.4. The Morgan fingerprint density at radius 3 is 1.94 bits per heavy atom. The van der Waals surface area contributed by atoms with Crippen molar-refractivity contribution >= 4 is 61.2 Å². The molecule has 65 heavy (non-hydrogen) atoms. The van der Waals surface area contributed by atoms with Crippen LogP contribution in [0.3, 0.4) is 0 Å². The van der Waals surface area contributed by atoms with Crippen molar-refractivity contribution in [3.8, 4) is 34.2 Å². The number of nitrogens with one attached hydrogen (secondary N) is 2. The quantitative estimate of drug-likeness (QED) is 0.127. The van der Waals surface area contributed by atoms with Crippen LogP contribution in [0.15, 0.2) is 133 Å². The van der Waals surface area contributed by atoms with E-state index >= 15 is 0 Å². The summed E-state index contributed by atoms with van der Waals surface area (Å²) < 4.78 is 4.74. The van der Waals surface area contributed by atoms with Gasteiger partial charge >= 0.3 is 0 Å². The first-order valence-corrected chi connectivity index (χ1v) is 22.0. The second kappa shape index (κ2) is 17.6. The summed E-state index contributed by atoms with van der Waals surface area (Å²) in [6.07, 6.45) is 7.38. The zero-order valence-corrected chi connectivity index (χ0v) is 38.2. The minimum atomic E-state index is -0.325. The van der Waals surface area contributed by atoms with Crippen LogP contribution in [0.5, 0.6) is 0 Å². The molecule has 324 valence electrons. The van der Waals surface area contributed by atoms with Crippen LogP contribution in [0.1, 0.15) is 85.5 Å². The maximum atomic E-state index is 13.9. The SMILES string of the molecule is CC(C)n1cnnc1-c1cc(CC(C)n2cnnc2-c2cccc(NC(=O)c3ccc4cc(Br)cnc4c3)n2)cc(NC(=O)c2ccc3cc(-c4ccc(C(C)(C)C)cc4)cnc3c2)n1. The molecule has 1 unspecified atom stereocenters. The fourth-order valence-corrected chi connectivity index (χ4v) is 8.05. The summed E-state index contributed by atoms with van der Waals surface area (Å²) in [7, 11) is 0. The first kappa shape index (κ1) is 42.8. The maximum Gasteiger partial charge on any atom is 0.256 e. The van der Waals surface area contributed by atoms with Gasteiger partial charge in [-0.1, -0.05) is 63.2 Å². The highest BCUT2D eigenvalue weighted by molar-refractivity contribution is 9.10. The number of rotatable bonds is 11. The van der Waals surface area contributed by atoms with Crippen molar-refractivity contribution in [3.05, 3.63) is 155 Å². The van der Waals surface area contributed by atoms with Crippen LogP contribution < -0.4 is 10.6 Å². The zero-order valence-electron chi connectivity index (χ0n) is 36.7. The van der Waals surface area contributed by atoms with Gasteiger partial charge in [0, 0.05) is 56.4 Å². The Bertz CT molecular complexity index is 3240. The van der Waals surface area contributed by atoms with Crippen molar-refractivity contribution in [3.63, 3.8) is 0 Å². The lowest BCUT2D eigenvalue weighted by molar-refractivity contribution is 0.101. The third-order valence-corrected chi connectivity index (χ3v) is 11.7. The van der Waals surface area contributed by atoms with Gasteiger partial charge in [-0.25, -0.2) is 9.97 Å². The van der Waals surface area contributed by atoms with E-state index < -0.39 is 0 Å². The van der Waals surface area contributed by atoms with Crippen LogP contribution in [0.25, 0.3) is 56.0 Å². The molecule has 0 spiro atoms. The Balaban J connectivity index is 0.952. The summed E-state index contributed by atoms with van der Waals surface area (Å²) in [6, 6.07) is 32.6. The number of benzene rings is 3. The van der Waals surface area contributed by atoms with E-state index in [1.807, 2.05) is 78.6 Å². The van der Waals surface area contributed by atoms with Gasteiger partial charge in [0.1, 0.15) is 35.7 Å². The van der Waals surface area contributed by atoms with Crippen LogP contribution in [0.2, 0.25) is 0 Å². The van der Waals surface area contributed by atoms with Crippen LogP contribution in [0.4, 0.5) is 11.6 Å². The number of halogens is 1. The summed E-state index contributed by atoms with van der Waals surface area (Å²) >= 11 is 3.44. The number of nitrogens with zero attached hydrogens (tertiary/aromatic N) is 10. The van der Waals surface area contributed by atoms with Gasteiger partial charge in [-0.05, 0) is 126 Å². The third kappa shape index (κ3) is 9.27. The number of hydrogen-bond donors (Lipinski definition) is 2.